The van der Waals surface area contributed by atoms with Crippen LogP contribution in [0.3, 0.4) is 0 Å². The fraction of sp³-hybridized carbons (Fsp3) is 0.667. The highest BCUT2D eigenvalue weighted by molar-refractivity contribution is 5.15. The Bertz CT molecular complexity index is 354. The Kier molecular flexibility index (Phi) is 3.32. The maximum absolute atomic E-state index is 4.75. The Morgan fingerprint density at radius 2 is 2.00 bits per heavy atom. The summed E-state index contributed by atoms with van der Waals surface area (Å²) in [5, 5.41) is 0. The Balaban J connectivity index is 1.98. The molecule has 16 heavy (non-hydrogen) atoms. The van der Waals surface area contributed by atoms with Crippen molar-refractivity contribution in [3.05, 3.63) is 29.6 Å². The van der Waals surface area contributed by atoms with Crippen LogP contribution in [0.25, 0.3) is 0 Å². The summed E-state index contributed by atoms with van der Waals surface area (Å²) in [6.07, 6.45) is 2.59. The lowest BCUT2D eigenvalue weighted by Crippen LogP contribution is -2.00. The smallest absolute Gasteiger partial charge is 0.0432 e. The second-order valence-corrected chi connectivity index (χ2v) is 5.82. The van der Waals surface area contributed by atoms with Crippen LogP contribution in [0, 0.1) is 17.8 Å². The predicted octanol–water partition coefficient (Wildman–Crippen LogP) is 4.04. The maximum atomic E-state index is 4.75. The Morgan fingerprint density at radius 1 is 1.25 bits per heavy atom. The molecule has 1 saturated carbocycles. The van der Waals surface area contributed by atoms with Crippen molar-refractivity contribution in [1.29, 1.82) is 0 Å². The number of hydrogen-bond acceptors (Lipinski definition) is 1. The van der Waals surface area contributed by atoms with E-state index in [1.807, 2.05) is 0 Å². The Labute approximate surface area is 99.3 Å². The summed E-state index contributed by atoms with van der Waals surface area (Å²) in [7, 11) is 0. The molecule has 1 nitrogen and oxygen atoms in total. The van der Waals surface area contributed by atoms with Gasteiger partial charge in [-0.2, -0.15) is 0 Å². The molecule has 0 saturated heterocycles. The van der Waals surface area contributed by atoms with Gasteiger partial charge < -0.3 is 0 Å². The molecule has 0 N–H and O–H groups in total. The lowest BCUT2D eigenvalue weighted by Gasteiger charge is -2.07. The maximum Gasteiger partial charge on any atom is 0.0432 e. The second kappa shape index (κ2) is 4.57. The SMILES string of the molecule is CC(C)c1cccc(CC2CC2C(C)C)n1. The Morgan fingerprint density at radius 3 is 2.56 bits per heavy atom. The van der Waals surface area contributed by atoms with Gasteiger partial charge in [0.1, 0.15) is 0 Å². The molecular formula is C15H23N. The van der Waals surface area contributed by atoms with Crippen LogP contribution >= 0.6 is 0 Å². The second-order valence-electron chi connectivity index (χ2n) is 5.82. The van der Waals surface area contributed by atoms with Gasteiger partial charge in [0.2, 0.25) is 0 Å². The van der Waals surface area contributed by atoms with Crippen LogP contribution in [0.5, 0.6) is 0 Å². The molecule has 0 aromatic carbocycles. The topological polar surface area (TPSA) is 12.9 Å². The van der Waals surface area contributed by atoms with Crippen LogP contribution in [-0.2, 0) is 6.42 Å². The van der Waals surface area contributed by atoms with E-state index in [1.165, 1.54) is 24.2 Å². The number of aromatic nitrogens is 1. The molecule has 0 radical (unpaired) electrons. The third-order valence-corrected chi connectivity index (χ3v) is 3.72. The Hall–Kier alpha value is -0.850. The largest absolute Gasteiger partial charge is 0.258 e. The van der Waals surface area contributed by atoms with Gasteiger partial charge in [-0.25, -0.2) is 0 Å². The molecule has 2 atom stereocenters. The molecule has 1 heteroatoms. The monoisotopic (exact) mass is 217 g/mol. The summed E-state index contributed by atoms with van der Waals surface area (Å²) in [6.45, 7) is 9.09. The van der Waals surface area contributed by atoms with E-state index in [2.05, 4.69) is 45.9 Å². The molecule has 0 aliphatic heterocycles. The van der Waals surface area contributed by atoms with Crippen molar-refractivity contribution in [1.82, 2.24) is 4.98 Å². The van der Waals surface area contributed by atoms with E-state index in [4.69, 9.17) is 4.98 Å². The fourth-order valence-corrected chi connectivity index (χ4v) is 2.52. The molecule has 1 heterocycles. The molecule has 2 unspecified atom stereocenters. The van der Waals surface area contributed by atoms with Gasteiger partial charge in [0, 0.05) is 11.4 Å². The van der Waals surface area contributed by atoms with Crippen molar-refractivity contribution in [2.75, 3.05) is 0 Å². The molecule has 0 amide bonds. The lowest BCUT2D eigenvalue weighted by molar-refractivity contribution is 0.514. The first-order chi connectivity index (χ1) is 7.58. The minimum absolute atomic E-state index is 0.542. The average Bonchev–Trinajstić information content (AvgIpc) is 2.97. The third-order valence-electron chi connectivity index (χ3n) is 3.72. The fourth-order valence-electron chi connectivity index (χ4n) is 2.52. The van der Waals surface area contributed by atoms with Gasteiger partial charge >= 0.3 is 0 Å². The molecule has 2 rings (SSSR count). The highest BCUT2D eigenvalue weighted by atomic mass is 14.7. The molecule has 1 aliphatic carbocycles. The van der Waals surface area contributed by atoms with E-state index in [-0.39, 0.29) is 0 Å². The van der Waals surface area contributed by atoms with Crippen molar-refractivity contribution >= 4 is 0 Å². The van der Waals surface area contributed by atoms with Crippen LogP contribution in [0.2, 0.25) is 0 Å². The highest BCUT2D eigenvalue weighted by Crippen LogP contribution is 2.45. The normalized spacial score (nSPS) is 24.1. The standard InChI is InChI=1S/C15H23N/c1-10(2)14-9-12(14)8-13-6-5-7-15(16-13)11(3)4/h5-7,10-12,14H,8-9H2,1-4H3. The average molecular weight is 217 g/mol. The van der Waals surface area contributed by atoms with Crippen LogP contribution in [0.4, 0.5) is 0 Å². The molecule has 0 bridgehead atoms. The van der Waals surface area contributed by atoms with Gasteiger partial charge in [-0.05, 0) is 48.6 Å². The summed E-state index contributed by atoms with van der Waals surface area (Å²) in [4.78, 5) is 4.75. The molecule has 1 aromatic rings. The zero-order chi connectivity index (χ0) is 11.7. The van der Waals surface area contributed by atoms with Gasteiger partial charge in [-0.15, -0.1) is 0 Å². The summed E-state index contributed by atoms with van der Waals surface area (Å²) < 4.78 is 0. The minimum Gasteiger partial charge on any atom is -0.258 e. The zero-order valence-electron chi connectivity index (χ0n) is 10.9. The van der Waals surface area contributed by atoms with Crippen molar-refractivity contribution < 1.29 is 0 Å². The quantitative estimate of drug-likeness (QED) is 0.741. The molecule has 0 spiro atoms. The molecule has 1 aromatic heterocycles. The van der Waals surface area contributed by atoms with Crippen molar-refractivity contribution in [2.24, 2.45) is 17.8 Å². The van der Waals surface area contributed by atoms with Gasteiger partial charge in [0.15, 0.2) is 0 Å². The van der Waals surface area contributed by atoms with Crippen LogP contribution < -0.4 is 0 Å². The van der Waals surface area contributed by atoms with Crippen molar-refractivity contribution in [2.45, 2.75) is 46.5 Å². The van der Waals surface area contributed by atoms with E-state index in [1.54, 1.807) is 0 Å². The molecule has 1 fully saturated rings. The van der Waals surface area contributed by atoms with E-state index in [9.17, 15) is 0 Å². The van der Waals surface area contributed by atoms with Gasteiger partial charge in [0.05, 0.1) is 0 Å². The van der Waals surface area contributed by atoms with E-state index < -0.39 is 0 Å². The summed E-state index contributed by atoms with van der Waals surface area (Å²) in [5.74, 6) is 3.23. The van der Waals surface area contributed by atoms with Gasteiger partial charge in [-0.3, -0.25) is 4.98 Å². The van der Waals surface area contributed by atoms with Crippen molar-refractivity contribution in [3.8, 4) is 0 Å². The van der Waals surface area contributed by atoms with E-state index >= 15 is 0 Å². The van der Waals surface area contributed by atoms with Gasteiger partial charge in [0.25, 0.3) is 0 Å². The van der Waals surface area contributed by atoms with Crippen LogP contribution in [0.1, 0.15) is 51.4 Å². The van der Waals surface area contributed by atoms with E-state index in [0.717, 1.165) is 17.8 Å². The zero-order valence-corrected chi connectivity index (χ0v) is 10.9. The summed E-state index contributed by atoms with van der Waals surface area (Å²) in [5.41, 5.74) is 2.53. The lowest BCUT2D eigenvalue weighted by atomic mass is 10.0. The van der Waals surface area contributed by atoms with E-state index in [0.29, 0.717) is 5.92 Å². The van der Waals surface area contributed by atoms with Crippen molar-refractivity contribution in [3.63, 3.8) is 0 Å². The van der Waals surface area contributed by atoms with Gasteiger partial charge in [-0.1, -0.05) is 33.8 Å². The first-order valence-corrected chi connectivity index (χ1v) is 6.53. The molecule has 88 valence electrons. The predicted molar refractivity (Wildman–Crippen MR) is 68.5 cm³/mol. The molecule has 1 aliphatic rings. The first kappa shape index (κ1) is 11.6. The summed E-state index contributed by atoms with van der Waals surface area (Å²) in [6, 6.07) is 6.48. The number of nitrogens with zero attached hydrogens (tertiary/aromatic N) is 1. The van der Waals surface area contributed by atoms with Crippen LogP contribution in [0.15, 0.2) is 18.2 Å². The number of rotatable bonds is 4. The highest BCUT2D eigenvalue weighted by Gasteiger charge is 2.38. The number of pyridine rings is 1. The van der Waals surface area contributed by atoms with Crippen LogP contribution in [-0.4, -0.2) is 4.98 Å². The number of hydrogen-bond donors (Lipinski definition) is 0. The minimum atomic E-state index is 0.542. The summed E-state index contributed by atoms with van der Waals surface area (Å²) >= 11 is 0. The third kappa shape index (κ3) is 2.63. The molecular weight excluding hydrogens is 194 g/mol. The first-order valence-electron chi connectivity index (χ1n) is 6.53.